The third kappa shape index (κ3) is 4.55. The zero-order chi connectivity index (χ0) is 21.6. The van der Waals surface area contributed by atoms with Crippen LogP contribution in [0.15, 0.2) is 6.07 Å². The second kappa shape index (κ2) is 8.38. The molecule has 0 radical (unpaired) electrons. The van der Waals surface area contributed by atoms with E-state index < -0.39 is 5.92 Å². The number of thiophene rings is 1. The molecule has 0 unspecified atom stereocenters. The first-order valence-corrected chi connectivity index (χ1v) is 12.8. The Balaban J connectivity index is 1.04. The molecule has 0 bridgehead atoms. The van der Waals surface area contributed by atoms with Crippen LogP contribution in [-0.4, -0.2) is 49.0 Å². The van der Waals surface area contributed by atoms with E-state index in [4.69, 9.17) is 4.74 Å². The Kier molecular flexibility index (Phi) is 5.89. The summed E-state index contributed by atoms with van der Waals surface area (Å²) in [5.41, 5.74) is 1.40. The minimum Gasteiger partial charge on any atom is -0.370 e. The summed E-state index contributed by atoms with van der Waals surface area (Å²) in [7, 11) is 0. The molecule has 7 heteroatoms. The predicted octanol–water partition coefficient (Wildman–Crippen LogP) is 4.50. The van der Waals surface area contributed by atoms with Crippen molar-refractivity contribution in [3.63, 3.8) is 0 Å². The molecule has 1 saturated heterocycles. The quantitative estimate of drug-likeness (QED) is 0.691. The van der Waals surface area contributed by atoms with Crippen molar-refractivity contribution < 1.29 is 18.3 Å². The van der Waals surface area contributed by atoms with Crippen LogP contribution >= 0.6 is 11.3 Å². The normalized spacial score (nSPS) is 29.8. The van der Waals surface area contributed by atoms with E-state index in [1.54, 1.807) is 4.88 Å². The van der Waals surface area contributed by atoms with Gasteiger partial charge in [0.05, 0.1) is 12.2 Å². The molecule has 1 spiro atoms. The molecular formula is C24H34F2N2O2S. The van der Waals surface area contributed by atoms with E-state index in [2.05, 4.69) is 23.2 Å². The van der Waals surface area contributed by atoms with Gasteiger partial charge in [-0.15, -0.1) is 11.3 Å². The monoisotopic (exact) mass is 452 g/mol. The molecule has 1 N–H and O–H groups in total. The summed E-state index contributed by atoms with van der Waals surface area (Å²) < 4.78 is 32.2. The molecule has 1 amide bonds. The van der Waals surface area contributed by atoms with Gasteiger partial charge in [0.1, 0.15) is 0 Å². The number of piperidine rings is 1. The number of ether oxygens (including phenoxy) is 1. The van der Waals surface area contributed by atoms with Gasteiger partial charge in [-0.05, 0) is 55.6 Å². The van der Waals surface area contributed by atoms with Crippen LogP contribution in [0.25, 0.3) is 0 Å². The fourth-order valence-corrected chi connectivity index (χ4v) is 7.18. The van der Waals surface area contributed by atoms with E-state index in [0.717, 1.165) is 64.8 Å². The number of carbonyl (C=O) groups is 1. The standard InChI is InChI=1S/C24H34F2N2O2S/c1-2-19-12-20-21(31-19)3-8-30-23(20)4-6-28(7-5-23)15-16-9-18(10-16)27-22(29)11-17-13-24(25,26)14-17/h12,16-18H,2-11,13-15H2,1H3,(H,27,29). The molecule has 1 aromatic rings. The van der Waals surface area contributed by atoms with Gasteiger partial charge in [0, 0.05) is 61.1 Å². The van der Waals surface area contributed by atoms with Crippen LogP contribution in [0.5, 0.6) is 0 Å². The number of hydrogen-bond acceptors (Lipinski definition) is 4. The van der Waals surface area contributed by atoms with Crippen LogP contribution in [0, 0.1) is 11.8 Å². The number of rotatable bonds is 6. The summed E-state index contributed by atoms with van der Waals surface area (Å²) in [5.74, 6) is -2.09. The summed E-state index contributed by atoms with van der Waals surface area (Å²) in [4.78, 5) is 17.7. The van der Waals surface area contributed by atoms with Crippen molar-refractivity contribution in [2.45, 2.75) is 82.3 Å². The average Bonchev–Trinajstić information content (AvgIpc) is 3.12. The molecular weight excluding hydrogens is 418 g/mol. The van der Waals surface area contributed by atoms with E-state index in [1.165, 1.54) is 10.4 Å². The Morgan fingerprint density at radius 2 is 2.00 bits per heavy atom. The summed E-state index contributed by atoms with van der Waals surface area (Å²) in [6.07, 6.45) is 6.34. The third-order valence-electron chi connectivity index (χ3n) is 7.84. The zero-order valence-electron chi connectivity index (χ0n) is 18.4. The van der Waals surface area contributed by atoms with Crippen LogP contribution < -0.4 is 5.32 Å². The first-order chi connectivity index (χ1) is 14.8. The van der Waals surface area contributed by atoms with Gasteiger partial charge in [0.2, 0.25) is 11.8 Å². The van der Waals surface area contributed by atoms with Crippen molar-refractivity contribution in [3.05, 3.63) is 21.4 Å². The lowest BCUT2D eigenvalue weighted by molar-refractivity contribution is -0.135. The molecule has 0 aromatic carbocycles. The van der Waals surface area contributed by atoms with Gasteiger partial charge < -0.3 is 15.0 Å². The van der Waals surface area contributed by atoms with Gasteiger partial charge in [-0.3, -0.25) is 4.79 Å². The largest absolute Gasteiger partial charge is 0.370 e. The molecule has 0 atom stereocenters. The molecule has 4 nitrogen and oxygen atoms in total. The Labute approximate surface area is 187 Å². The maximum absolute atomic E-state index is 12.9. The number of hydrogen-bond donors (Lipinski definition) is 1. The summed E-state index contributed by atoms with van der Waals surface area (Å²) in [6, 6.07) is 2.63. The van der Waals surface area contributed by atoms with Crippen molar-refractivity contribution in [2.75, 3.05) is 26.2 Å². The summed E-state index contributed by atoms with van der Waals surface area (Å²) in [6.45, 7) is 6.31. The minimum absolute atomic E-state index is 0.0451. The Morgan fingerprint density at radius 3 is 2.68 bits per heavy atom. The van der Waals surface area contributed by atoms with Gasteiger partial charge >= 0.3 is 0 Å². The zero-order valence-corrected chi connectivity index (χ0v) is 19.2. The molecule has 2 aliphatic carbocycles. The second-order valence-corrected chi connectivity index (χ2v) is 11.5. The maximum atomic E-state index is 12.9. The summed E-state index contributed by atoms with van der Waals surface area (Å²) in [5, 5.41) is 3.05. The molecule has 1 aromatic heterocycles. The van der Waals surface area contributed by atoms with Gasteiger partial charge in [-0.25, -0.2) is 8.78 Å². The Bertz CT molecular complexity index is 805. The number of likely N-dealkylation sites (tertiary alicyclic amines) is 1. The van der Waals surface area contributed by atoms with Crippen molar-refractivity contribution >= 4 is 17.2 Å². The smallest absolute Gasteiger partial charge is 0.248 e. The van der Waals surface area contributed by atoms with Crippen LogP contribution in [0.1, 0.15) is 67.2 Å². The van der Waals surface area contributed by atoms with Crippen LogP contribution in [0.4, 0.5) is 8.78 Å². The number of aryl methyl sites for hydroxylation is 1. The molecule has 3 heterocycles. The van der Waals surface area contributed by atoms with E-state index >= 15 is 0 Å². The van der Waals surface area contributed by atoms with Crippen LogP contribution in [0.2, 0.25) is 0 Å². The molecule has 172 valence electrons. The highest BCUT2D eigenvalue weighted by Crippen LogP contribution is 2.46. The van der Waals surface area contributed by atoms with Crippen LogP contribution in [-0.2, 0) is 28.0 Å². The van der Waals surface area contributed by atoms with Gasteiger partial charge in [-0.2, -0.15) is 0 Å². The highest BCUT2D eigenvalue weighted by Gasteiger charge is 2.46. The van der Waals surface area contributed by atoms with Gasteiger partial charge in [0.15, 0.2) is 0 Å². The predicted molar refractivity (Wildman–Crippen MR) is 118 cm³/mol. The molecule has 3 fully saturated rings. The fourth-order valence-electron chi connectivity index (χ4n) is 6.00. The SMILES string of the molecule is CCc1cc2c(s1)CCOC21CCN(CC2CC(NC(=O)CC3CC(F)(F)C3)C2)CC1. The highest BCUT2D eigenvalue weighted by atomic mass is 32.1. The molecule has 2 aliphatic heterocycles. The van der Waals surface area contributed by atoms with Crippen molar-refractivity contribution in [3.8, 4) is 0 Å². The molecule has 4 aliphatic rings. The number of alkyl halides is 2. The average molecular weight is 453 g/mol. The number of nitrogens with zero attached hydrogens (tertiary/aromatic N) is 1. The Hall–Kier alpha value is -1.05. The van der Waals surface area contributed by atoms with Crippen molar-refractivity contribution in [1.82, 2.24) is 10.2 Å². The van der Waals surface area contributed by atoms with Gasteiger partial charge in [-0.1, -0.05) is 6.92 Å². The molecule has 5 rings (SSSR count). The second-order valence-electron chi connectivity index (χ2n) is 10.2. The van der Waals surface area contributed by atoms with E-state index in [0.29, 0.717) is 5.92 Å². The fraction of sp³-hybridized carbons (Fsp3) is 0.792. The number of amides is 1. The number of halogens is 2. The topological polar surface area (TPSA) is 41.6 Å². The van der Waals surface area contributed by atoms with E-state index in [1.807, 2.05) is 11.3 Å². The number of carbonyl (C=O) groups excluding carboxylic acids is 1. The number of nitrogens with one attached hydrogen (secondary N) is 1. The lowest BCUT2D eigenvalue weighted by Crippen LogP contribution is -2.51. The van der Waals surface area contributed by atoms with Crippen LogP contribution in [0.3, 0.4) is 0 Å². The van der Waals surface area contributed by atoms with E-state index in [-0.39, 0.29) is 42.7 Å². The first-order valence-electron chi connectivity index (χ1n) is 12.0. The van der Waals surface area contributed by atoms with Crippen molar-refractivity contribution in [1.29, 1.82) is 0 Å². The summed E-state index contributed by atoms with van der Waals surface area (Å²) >= 11 is 1.98. The lowest BCUT2D eigenvalue weighted by atomic mass is 9.77. The third-order valence-corrected chi connectivity index (χ3v) is 9.18. The first kappa shape index (κ1) is 21.8. The lowest BCUT2D eigenvalue weighted by Gasteiger charge is -2.46. The highest BCUT2D eigenvalue weighted by molar-refractivity contribution is 7.12. The minimum atomic E-state index is -2.54. The van der Waals surface area contributed by atoms with Crippen molar-refractivity contribution in [2.24, 2.45) is 11.8 Å². The van der Waals surface area contributed by atoms with E-state index in [9.17, 15) is 13.6 Å². The molecule has 2 saturated carbocycles. The Morgan fingerprint density at radius 1 is 1.26 bits per heavy atom. The van der Waals surface area contributed by atoms with Gasteiger partial charge in [0.25, 0.3) is 0 Å². The number of fused-ring (bicyclic) bond motifs is 2. The maximum Gasteiger partial charge on any atom is 0.248 e. The molecule has 31 heavy (non-hydrogen) atoms.